The van der Waals surface area contributed by atoms with Gasteiger partial charge in [-0.25, -0.2) is 4.39 Å². The van der Waals surface area contributed by atoms with Crippen molar-refractivity contribution in [2.75, 3.05) is 6.61 Å². The summed E-state index contributed by atoms with van der Waals surface area (Å²) < 4.78 is 13.8. The van der Waals surface area contributed by atoms with E-state index in [1.807, 2.05) is 31.2 Å². The van der Waals surface area contributed by atoms with E-state index < -0.39 is 0 Å². The van der Waals surface area contributed by atoms with Crippen LogP contribution >= 0.6 is 11.6 Å². The first-order valence-corrected chi connectivity index (χ1v) is 6.59. The van der Waals surface area contributed by atoms with E-state index in [2.05, 4.69) is 0 Å². The number of aryl methyl sites for hydroxylation is 1. The van der Waals surface area contributed by atoms with Crippen molar-refractivity contribution in [1.29, 1.82) is 0 Å². The van der Waals surface area contributed by atoms with E-state index in [-0.39, 0.29) is 18.3 Å². The molecular formula is C16H16ClFO. The number of hydrogen-bond donors (Lipinski definition) is 1. The Labute approximate surface area is 117 Å². The Balaban J connectivity index is 2.21. The van der Waals surface area contributed by atoms with Crippen LogP contribution < -0.4 is 0 Å². The van der Waals surface area contributed by atoms with E-state index in [9.17, 15) is 9.50 Å². The molecular weight excluding hydrogens is 263 g/mol. The lowest BCUT2D eigenvalue weighted by molar-refractivity contribution is 0.263. The SMILES string of the molecule is Cc1ccc(C(CO)Cc2ccc(Cl)cc2F)cc1. The number of halogens is 2. The first-order valence-electron chi connectivity index (χ1n) is 6.21. The van der Waals surface area contributed by atoms with Gasteiger partial charge in [0.25, 0.3) is 0 Å². The second kappa shape index (κ2) is 6.18. The number of hydrogen-bond acceptors (Lipinski definition) is 1. The minimum absolute atomic E-state index is 0.00880. The average molecular weight is 279 g/mol. The molecule has 0 aliphatic heterocycles. The van der Waals surface area contributed by atoms with E-state index in [1.165, 1.54) is 6.07 Å². The Morgan fingerprint density at radius 3 is 2.42 bits per heavy atom. The normalized spacial score (nSPS) is 12.4. The summed E-state index contributed by atoms with van der Waals surface area (Å²) in [7, 11) is 0. The van der Waals surface area contributed by atoms with Crippen LogP contribution in [0.25, 0.3) is 0 Å². The van der Waals surface area contributed by atoms with E-state index in [0.29, 0.717) is 17.0 Å². The van der Waals surface area contributed by atoms with E-state index in [1.54, 1.807) is 12.1 Å². The van der Waals surface area contributed by atoms with Gasteiger partial charge in [-0.15, -0.1) is 0 Å². The fraction of sp³-hybridized carbons (Fsp3) is 0.250. The predicted molar refractivity (Wildman–Crippen MR) is 76.1 cm³/mol. The van der Waals surface area contributed by atoms with Crippen LogP contribution in [0.15, 0.2) is 42.5 Å². The van der Waals surface area contributed by atoms with Crippen molar-refractivity contribution in [2.24, 2.45) is 0 Å². The van der Waals surface area contributed by atoms with Crippen LogP contribution in [0, 0.1) is 12.7 Å². The van der Waals surface area contributed by atoms with Gasteiger partial charge in [0.1, 0.15) is 5.82 Å². The van der Waals surface area contributed by atoms with Gasteiger partial charge in [-0.05, 0) is 36.6 Å². The first-order chi connectivity index (χ1) is 9.10. The molecule has 1 atom stereocenters. The van der Waals surface area contributed by atoms with Gasteiger partial charge in [0.2, 0.25) is 0 Å². The molecule has 0 bridgehead atoms. The monoisotopic (exact) mass is 278 g/mol. The summed E-state index contributed by atoms with van der Waals surface area (Å²) in [6, 6.07) is 12.6. The molecule has 2 rings (SSSR count). The Morgan fingerprint density at radius 2 is 1.84 bits per heavy atom. The van der Waals surface area contributed by atoms with Gasteiger partial charge in [-0.1, -0.05) is 47.5 Å². The van der Waals surface area contributed by atoms with Crippen molar-refractivity contribution in [2.45, 2.75) is 19.3 Å². The highest BCUT2D eigenvalue weighted by Crippen LogP contribution is 2.24. The van der Waals surface area contributed by atoms with Crippen LogP contribution in [0.1, 0.15) is 22.6 Å². The average Bonchev–Trinajstić information content (AvgIpc) is 2.39. The van der Waals surface area contributed by atoms with Gasteiger partial charge >= 0.3 is 0 Å². The minimum atomic E-state index is -0.321. The molecule has 0 radical (unpaired) electrons. The van der Waals surface area contributed by atoms with Crippen molar-refractivity contribution < 1.29 is 9.50 Å². The van der Waals surface area contributed by atoms with Crippen molar-refractivity contribution in [1.82, 2.24) is 0 Å². The molecule has 0 aliphatic rings. The Hall–Kier alpha value is -1.38. The van der Waals surface area contributed by atoms with Gasteiger partial charge in [0.15, 0.2) is 0 Å². The standard InChI is InChI=1S/C16H16ClFO/c1-11-2-4-12(5-3-11)14(10-19)8-13-6-7-15(17)9-16(13)18/h2-7,9,14,19H,8,10H2,1H3. The van der Waals surface area contributed by atoms with E-state index in [4.69, 9.17) is 11.6 Å². The highest BCUT2D eigenvalue weighted by molar-refractivity contribution is 6.30. The van der Waals surface area contributed by atoms with Crippen LogP contribution in [-0.2, 0) is 6.42 Å². The quantitative estimate of drug-likeness (QED) is 0.892. The third-order valence-corrected chi connectivity index (χ3v) is 3.49. The van der Waals surface area contributed by atoms with Crippen LogP contribution in [-0.4, -0.2) is 11.7 Å². The summed E-state index contributed by atoms with van der Waals surface area (Å²) in [6.45, 7) is 2.00. The van der Waals surface area contributed by atoms with Crippen LogP contribution in [0.2, 0.25) is 5.02 Å². The topological polar surface area (TPSA) is 20.2 Å². The Kier molecular flexibility index (Phi) is 4.56. The zero-order valence-corrected chi connectivity index (χ0v) is 11.5. The molecule has 19 heavy (non-hydrogen) atoms. The van der Waals surface area contributed by atoms with Gasteiger partial charge in [0.05, 0.1) is 6.61 Å². The molecule has 0 saturated carbocycles. The van der Waals surface area contributed by atoms with Crippen molar-refractivity contribution in [3.05, 3.63) is 70.0 Å². The molecule has 100 valence electrons. The maximum Gasteiger partial charge on any atom is 0.127 e. The van der Waals surface area contributed by atoms with Crippen molar-refractivity contribution in [3.8, 4) is 0 Å². The summed E-state index contributed by atoms with van der Waals surface area (Å²) in [5, 5.41) is 9.89. The summed E-state index contributed by atoms with van der Waals surface area (Å²) in [6.07, 6.45) is 0.461. The van der Waals surface area contributed by atoms with Gasteiger partial charge < -0.3 is 5.11 Å². The molecule has 1 unspecified atom stereocenters. The molecule has 0 saturated heterocycles. The van der Waals surface area contributed by atoms with Crippen LogP contribution in [0.3, 0.4) is 0 Å². The zero-order chi connectivity index (χ0) is 13.8. The fourth-order valence-electron chi connectivity index (χ4n) is 2.08. The second-order valence-corrected chi connectivity index (χ2v) is 5.17. The number of rotatable bonds is 4. The molecule has 0 fully saturated rings. The molecule has 0 amide bonds. The van der Waals surface area contributed by atoms with Crippen molar-refractivity contribution in [3.63, 3.8) is 0 Å². The van der Waals surface area contributed by atoms with Gasteiger partial charge in [-0.2, -0.15) is 0 Å². The molecule has 2 aromatic rings. The molecule has 0 heterocycles. The molecule has 3 heteroatoms. The molecule has 0 spiro atoms. The minimum Gasteiger partial charge on any atom is -0.396 e. The second-order valence-electron chi connectivity index (χ2n) is 4.73. The van der Waals surface area contributed by atoms with Gasteiger partial charge in [0, 0.05) is 10.9 Å². The molecule has 2 aromatic carbocycles. The summed E-state index contributed by atoms with van der Waals surface area (Å²) >= 11 is 5.73. The lowest BCUT2D eigenvalue weighted by Gasteiger charge is -2.15. The summed E-state index contributed by atoms with van der Waals surface area (Å²) in [4.78, 5) is 0. The Morgan fingerprint density at radius 1 is 1.16 bits per heavy atom. The maximum atomic E-state index is 13.8. The van der Waals surface area contributed by atoms with E-state index in [0.717, 1.165) is 11.1 Å². The number of aliphatic hydroxyl groups excluding tert-OH is 1. The molecule has 1 N–H and O–H groups in total. The summed E-state index contributed by atoms with van der Waals surface area (Å²) in [5.41, 5.74) is 2.75. The highest BCUT2D eigenvalue weighted by Gasteiger charge is 2.14. The van der Waals surface area contributed by atoms with E-state index >= 15 is 0 Å². The fourth-order valence-corrected chi connectivity index (χ4v) is 2.24. The predicted octanol–water partition coefficient (Wildman–Crippen LogP) is 4.11. The highest BCUT2D eigenvalue weighted by atomic mass is 35.5. The third kappa shape index (κ3) is 3.55. The smallest absolute Gasteiger partial charge is 0.127 e. The molecule has 1 nitrogen and oxygen atoms in total. The number of benzene rings is 2. The van der Waals surface area contributed by atoms with Crippen LogP contribution in [0.4, 0.5) is 4.39 Å². The van der Waals surface area contributed by atoms with Crippen molar-refractivity contribution >= 4 is 11.6 Å². The molecule has 0 aliphatic carbocycles. The maximum absolute atomic E-state index is 13.8. The van der Waals surface area contributed by atoms with Crippen LogP contribution in [0.5, 0.6) is 0 Å². The summed E-state index contributed by atoms with van der Waals surface area (Å²) in [5.74, 6) is -0.422. The lowest BCUT2D eigenvalue weighted by atomic mass is 9.92. The number of aliphatic hydroxyl groups is 1. The molecule has 0 aromatic heterocycles. The first kappa shape index (κ1) is 14.0. The lowest BCUT2D eigenvalue weighted by Crippen LogP contribution is -2.09. The third-order valence-electron chi connectivity index (χ3n) is 3.25. The largest absolute Gasteiger partial charge is 0.396 e. The zero-order valence-electron chi connectivity index (χ0n) is 10.7. The Bertz CT molecular complexity index is 551. The van der Waals surface area contributed by atoms with Gasteiger partial charge in [-0.3, -0.25) is 0 Å².